The van der Waals surface area contributed by atoms with Crippen LogP contribution >= 0.6 is 0 Å². The van der Waals surface area contributed by atoms with Crippen LogP contribution in [0.3, 0.4) is 0 Å². The van der Waals surface area contributed by atoms with Gasteiger partial charge in [0.1, 0.15) is 23.0 Å². The summed E-state index contributed by atoms with van der Waals surface area (Å²) in [5, 5.41) is 12.3. The Hall–Kier alpha value is -3.95. The van der Waals surface area contributed by atoms with Crippen LogP contribution < -0.4 is 9.46 Å². The molecule has 1 aliphatic heterocycles. The minimum Gasteiger partial charge on any atom is -0.444 e. The Bertz CT molecular complexity index is 1760. The molecule has 4 aromatic rings. The number of alkyl halides is 3. The zero-order chi connectivity index (χ0) is 32.2. The Balaban J connectivity index is 1.56. The van der Waals surface area contributed by atoms with Crippen molar-refractivity contribution in [1.29, 1.82) is 0 Å². The maximum absolute atomic E-state index is 14.3. The number of amides is 1. The number of sulfonamides is 1. The van der Waals surface area contributed by atoms with Crippen LogP contribution in [0.25, 0.3) is 21.8 Å². The average molecular weight is 642 g/mol. The van der Waals surface area contributed by atoms with Crippen molar-refractivity contribution in [3.63, 3.8) is 0 Å². The van der Waals surface area contributed by atoms with Gasteiger partial charge >= 0.3 is 12.5 Å². The molecule has 0 unspecified atom stereocenters. The zero-order valence-corrected chi connectivity index (χ0v) is 24.4. The molecular formula is C29H28F5N3O6S. The van der Waals surface area contributed by atoms with Crippen LogP contribution in [-0.4, -0.2) is 66.3 Å². The number of ether oxygens (including phenoxy) is 2. The van der Waals surface area contributed by atoms with Crippen molar-refractivity contribution in [2.45, 2.75) is 55.8 Å². The third-order valence-corrected chi connectivity index (χ3v) is 8.52. The second kappa shape index (κ2) is 11.2. The van der Waals surface area contributed by atoms with Crippen LogP contribution in [0.2, 0.25) is 0 Å². The lowest BCUT2D eigenvalue weighted by molar-refractivity contribution is -0.274. The molecule has 0 saturated carbocycles. The number of nitrogens with one attached hydrogen (secondary N) is 1. The van der Waals surface area contributed by atoms with E-state index in [-0.39, 0.29) is 13.1 Å². The number of hydrogen-bond acceptors (Lipinski definition) is 6. The van der Waals surface area contributed by atoms with Crippen molar-refractivity contribution < 1.29 is 49.7 Å². The number of fused-ring (bicyclic) bond motifs is 3. The number of benzene rings is 3. The topological polar surface area (TPSA) is 110 Å². The second-order valence-electron chi connectivity index (χ2n) is 11.4. The fourth-order valence-corrected chi connectivity index (χ4v) is 6.52. The molecule has 0 spiro atoms. The fourth-order valence-electron chi connectivity index (χ4n) is 5.28. The van der Waals surface area contributed by atoms with Crippen molar-refractivity contribution in [1.82, 2.24) is 14.2 Å². The summed E-state index contributed by atoms with van der Waals surface area (Å²) in [5.41, 5.74) is -0.132. The van der Waals surface area contributed by atoms with E-state index >= 15 is 0 Å². The van der Waals surface area contributed by atoms with Gasteiger partial charge in [0.15, 0.2) is 0 Å². The Morgan fingerprint density at radius 2 is 1.45 bits per heavy atom. The highest BCUT2D eigenvalue weighted by atomic mass is 32.2. The van der Waals surface area contributed by atoms with Gasteiger partial charge in [-0.3, -0.25) is 0 Å². The Labute approximate surface area is 248 Å². The van der Waals surface area contributed by atoms with E-state index in [2.05, 4.69) is 9.46 Å². The lowest BCUT2D eigenvalue weighted by atomic mass is 9.97. The summed E-state index contributed by atoms with van der Waals surface area (Å²) in [6.07, 6.45) is -7.27. The van der Waals surface area contributed by atoms with E-state index in [0.717, 1.165) is 24.3 Å². The third kappa shape index (κ3) is 6.59. The molecule has 236 valence electrons. The lowest BCUT2D eigenvalue weighted by Crippen LogP contribution is -2.60. The Morgan fingerprint density at radius 3 is 1.95 bits per heavy atom. The van der Waals surface area contributed by atoms with Crippen LogP contribution in [0.4, 0.5) is 26.7 Å². The van der Waals surface area contributed by atoms with Crippen molar-refractivity contribution in [2.75, 3.05) is 13.1 Å². The summed E-state index contributed by atoms with van der Waals surface area (Å²) in [4.78, 5) is 14.0. The van der Waals surface area contributed by atoms with Crippen LogP contribution in [0.5, 0.6) is 5.75 Å². The van der Waals surface area contributed by atoms with E-state index in [4.69, 9.17) is 4.74 Å². The van der Waals surface area contributed by atoms with Gasteiger partial charge in [-0.25, -0.2) is 26.7 Å². The minimum absolute atomic E-state index is 0.161. The second-order valence-corrected chi connectivity index (χ2v) is 13.1. The number of aromatic nitrogens is 1. The van der Waals surface area contributed by atoms with Gasteiger partial charge in [-0.2, -0.15) is 0 Å². The van der Waals surface area contributed by atoms with Crippen LogP contribution in [-0.2, 0) is 14.8 Å². The number of aliphatic hydroxyl groups is 1. The van der Waals surface area contributed by atoms with Gasteiger partial charge in [0.05, 0.1) is 23.1 Å². The number of hydrogen-bond donors (Lipinski definition) is 2. The molecule has 15 heteroatoms. The molecule has 1 aliphatic rings. The number of carbonyl (C=O) groups is 1. The van der Waals surface area contributed by atoms with Crippen LogP contribution in [0, 0.1) is 11.6 Å². The first kappa shape index (κ1) is 31.5. The smallest absolute Gasteiger partial charge is 0.444 e. The van der Waals surface area contributed by atoms with Crippen molar-refractivity contribution in [3.8, 4) is 5.75 Å². The summed E-state index contributed by atoms with van der Waals surface area (Å²) in [6.45, 7) is 4.43. The molecule has 1 amide bonds. The standard InChI is InChI=1S/C29H28F5N3O6S/c1-28(2,3)43-27(39)36-14-22(35-44(40,41)19-8-6-18(7-9-19)42-29(32,33)34)26(38)25(15-36)37-23-10-4-16(30)12-20(23)21-13-17(31)5-11-24(21)37/h4-13,22,25-26,35,38H,14-15H2,1-3H3/t22-,25+,26+/m1/s1. The molecule has 5 rings (SSSR count). The highest BCUT2D eigenvalue weighted by Crippen LogP contribution is 2.37. The maximum Gasteiger partial charge on any atom is 0.573 e. The van der Waals surface area contributed by atoms with Gasteiger partial charge in [-0.15, -0.1) is 13.2 Å². The molecule has 2 heterocycles. The van der Waals surface area contributed by atoms with E-state index in [0.29, 0.717) is 21.8 Å². The van der Waals surface area contributed by atoms with E-state index < -0.39 is 68.5 Å². The largest absolute Gasteiger partial charge is 0.573 e. The van der Waals surface area contributed by atoms with E-state index in [1.54, 1.807) is 25.3 Å². The van der Waals surface area contributed by atoms with Crippen molar-refractivity contribution in [3.05, 3.63) is 72.3 Å². The van der Waals surface area contributed by atoms with E-state index in [9.17, 15) is 40.3 Å². The summed E-state index contributed by atoms with van der Waals surface area (Å²) in [5.74, 6) is -1.81. The zero-order valence-electron chi connectivity index (χ0n) is 23.6. The molecule has 2 N–H and O–H groups in total. The van der Waals surface area contributed by atoms with Gasteiger partial charge < -0.3 is 24.0 Å². The number of nitrogens with zero attached hydrogens (tertiary/aromatic N) is 2. The molecule has 0 radical (unpaired) electrons. The van der Waals surface area contributed by atoms with Gasteiger partial charge in [-0.1, -0.05) is 0 Å². The number of halogens is 5. The minimum atomic E-state index is -4.98. The Morgan fingerprint density at radius 1 is 0.909 bits per heavy atom. The van der Waals surface area contributed by atoms with Gasteiger partial charge in [-0.05, 0) is 81.4 Å². The quantitative estimate of drug-likeness (QED) is 0.280. The van der Waals surface area contributed by atoms with Gasteiger partial charge in [0.25, 0.3) is 0 Å². The summed E-state index contributed by atoms with van der Waals surface area (Å²) >= 11 is 0. The first-order chi connectivity index (χ1) is 20.4. The van der Waals surface area contributed by atoms with Gasteiger partial charge in [0, 0.05) is 34.9 Å². The highest BCUT2D eigenvalue weighted by Gasteiger charge is 2.43. The van der Waals surface area contributed by atoms with Crippen molar-refractivity contribution in [2.24, 2.45) is 0 Å². The van der Waals surface area contributed by atoms with Crippen molar-refractivity contribution >= 4 is 37.9 Å². The number of likely N-dealkylation sites (tertiary alicyclic amines) is 1. The van der Waals surface area contributed by atoms with Gasteiger partial charge in [0.2, 0.25) is 10.0 Å². The Kier molecular flexibility index (Phi) is 8.01. The summed E-state index contributed by atoms with van der Waals surface area (Å²) in [6, 6.07) is 8.72. The maximum atomic E-state index is 14.3. The molecule has 1 fully saturated rings. The molecule has 3 atom stereocenters. The molecule has 0 bridgehead atoms. The third-order valence-electron chi connectivity index (χ3n) is 7.01. The molecule has 1 saturated heterocycles. The molecule has 0 aliphatic carbocycles. The lowest BCUT2D eigenvalue weighted by Gasteiger charge is -2.42. The first-order valence-electron chi connectivity index (χ1n) is 13.3. The normalized spacial score (nSPS) is 19.8. The summed E-state index contributed by atoms with van der Waals surface area (Å²) < 4.78 is 106. The van der Waals surface area contributed by atoms with Crippen LogP contribution in [0.1, 0.15) is 26.8 Å². The summed E-state index contributed by atoms with van der Waals surface area (Å²) in [7, 11) is -4.46. The molecule has 1 aromatic heterocycles. The van der Waals surface area contributed by atoms with Crippen LogP contribution in [0.15, 0.2) is 65.6 Å². The number of aliphatic hydroxyl groups excluding tert-OH is 1. The molecular weight excluding hydrogens is 613 g/mol. The number of rotatable bonds is 5. The number of piperidine rings is 1. The number of carbonyl (C=O) groups excluding carboxylic acids is 1. The monoisotopic (exact) mass is 641 g/mol. The van der Waals surface area contributed by atoms with E-state index in [1.165, 1.54) is 41.3 Å². The predicted molar refractivity (Wildman–Crippen MR) is 149 cm³/mol. The molecule has 3 aromatic carbocycles. The first-order valence-corrected chi connectivity index (χ1v) is 14.8. The predicted octanol–water partition coefficient (Wildman–Crippen LogP) is 5.47. The van der Waals surface area contributed by atoms with E-state index in [1.807, 2.05) is 0 Å². The SMILES string of the molecule is CC(C)(C)OC(=O)N1C[C@@H](NS(=O)(=O)c2ccc(OC(F)(F)F)cc2)[C@H](O)[C@@H](n2c3ccc(F)cc3c3cc(F)ccc32)C1. The average Bonchev–Trinajstić information content (AvgIpc) is 3.20. The fraction of sp³-hybridized carbons (Fsp3) is 0.345. The molecule has 9 nitrogen and oxygen atoms in total. The molecule has 44 heavy (non-hydrogen) atoms. The highest BCUT2D eigenvalue weighted by molar-refractivity contribution is 7.89.